The maximum absolute atomic E-state index is 8.79. The van der Waals surface area contributed by atoms with Crippen molar-refractivity contribution in [3.8, 4) is 0 Å². The number of hydrogen-bond donors (Lipinski definition) is 1. The maximum atomic E-state index is 8.79. The fourth-order valence-corrected chi connectivity index (χ4v) is 1.46. The first-order chi connectivity index (χ1) is 5.03. The molecule has 0 aromatic rings. The second kappa shape index (κ2) is 2.81. The molecule has 1 N–H and O–H groups in total. The quantitative estimate of drug-likeness (QED) is 0.616. The van der Waals surface area contributed by atoms with Crippen molar-refractivity contribution in [1.29, 1.82) is 0 Å². The molecule has 3 nitrogen and oxygen atoms in total. The van der Waals surface area contributed by atoms with Crippen LogP contribution >= 0.6 is 0 Å². The molecule has 0 saturated heterocycles. The van der Waals surface area contributed by atoms with Crippen molar-refractivity contribution in [2.75, 3.05) is 6.61 Å². The lowest BCUT2D eigenvalue weighted by atomic mass is 9.97. The van der Waals surface area contributed by atoms with Gasteiger partial charge in [0.1, 0.15) is 6.61 Å². The molecule has 0 aliphatic carbocycles. The van der Waals surface area contributed by atoms with E-state index in [1.807, 2.05) is 20.8 Å². The molecule has 1 rings (SSSR count). The number of nitrogens with zero attached hydrogens (tertiary/aromatic N) is 1. The Labute approximate surface area is 67.1 Å². The molecule has 0 aromatic heterocycles. The number of rotatable bonds is 1. The van der Waals surface area contributed by atoms with Crippen LogP contribution in [0.3, 0.4) is 0 Å². The first-order valence-electron chi connectivity index (χ1n) is 3.90. The van der Waals surface area contributed by atoms with Gasteiger partial charge in [0.05, 0.1) is 11.6 Å². The lowest BCUT2D eigenvalue weighted by Gasteiger charge is -2.30. The molecule has 3 heteroatoms. The highest BCUT2D eigenvalue weighted by Crippen LogP contribution is 2.23. The summed E-state index contributed by atoms with van der Waals surface area (Å²) in [5.74, 6) is 0.466. The van der Waals surface area contributed by atoms with Crippen LogP contribution in [-0.4, -0.2) is 29.3 Å². The fourth-order valence-electron chi connectivity index (χ4n) is 1.46. The van der Waals surface area contributed by atoms with Gasteiger partial charge in [-0.3, -0.25) is 0 Å². The Kier molecular flexibility index (Phi) is 2.18. The Balaban J connectivity index is 2.74. The summed E-state index contributed by atoms with van der Waals surface area (Å²) in [6.07, 6.45) is 1.08. The molecular weight excluding hydrogens is 142 g/mol. The van der Waals surface area contributed by atoms with Gasteiger partial charge in [0, 0.05) is 6.42 Å². The van der Waals surface area contributed by atoms with E-state index < -0.39 is 0 Å². The highest BCUT2D eigenvalue weighted by atomic mass is 16.5. The van der Waals surface area contributed by atoms with Gasteiger partial charge in [-0.1, -0.05) is 0 Å². The summed E-state index contributed by atoms with van der Waals surface area (Å²) in [6, 6.07) is 0. The van der Waals surface area contributed by atoms with Gasteiger partial charge >= 0.3 is 0 Å². The standard InChI is InChI=1S/C8H15NO2/c1-6-4-8(2,3)9-7(5-10)11-6/h6,10H,4-5H2,1-3H3. The second-order valence-corrected chi connectivity index (χ2v) is 3.61. The zero-order valence-electron chi connectivity index (χ0n) is 7.29. The maximum Gasteiger partial charge on any atom is 0.210 e. The zero-order valence-corrected chi connectivity index (χ0v) is 7.29. The van der Waals surface area contributed by atoms with Gasteiger partial charge in [0.15, 0.2) is 0 Å². The summed E-state index contributed by atoms with van der Waals surface area (Å²) in [5, 5.41) is 8.79. The van der Waals surface area contributed by atoms with E-state index in [1.165, 1.54) is 0 Å². The molecule has 0 radical (unpaired) electrons. The summed E-state index contributed by atoms with van der Waals surface area (Å²) >= 11 is 0. The predicted octanol–water partition coefficient (Wildman–Crippen LogP) is 0.965. The molecule has 64 valence electrons. The lowest BCUT2D eigenvalue weighted by molar-refractivity contribution is 0.128. The van der Waals surface area contributed by atoms with Crippen molar-refractivity contribution in [1.82, 2.24) is 0 Å². The van der Waals surface area contributed by atoms with E-state index in [-0.39, 0.29) is 18.2 Å². The molecule has 0 saturated carbocycles. The minimum atomic E-state index is -0.0895. The third kappa shape index (κ3) is 2.19. The van der Waals surface area contributed by atoms with Crippen molar-refractivity contribution in [3.63, 3.8) is 0 Å². The van der Waals surface area contributed by atoms with Crippen molar-refractivity contribution in [2.45, 2.75) is 38.8 Å². The van der Waals surface area contributed by atoms with Crippen molar-refractivity contribution < 1.29 is 9.84 Å². The average molecular weight is 157 g/mol. The summed E-state index contributed by atoms with van der Waals surface area (Å²) in [4.78, 5) is 4.23. The van der Waals surface area contributed by atoms with Crippen LogP contribution in [-0.2, 0) is 4.74 Å². The van der Waals surface area contributed by atoms with Gasteiger partial charge in [0.2, 0.25) is 5.90 Å². The zero-order chi connectivity index (χ0) is 8.48. The lowest BCUT2D eigenvalue weighted by Crippen LogP contribution is -2.35. The molecule has 0 bridgehead atoms. The molecule has 0 spiro atoms. The predicted molar refractivity (Wildman–Crippen MR) is 43.8 cm³/mol. The number of aliphatic hydroxyl groups excluding tert-OH is 1. The van der Waals surface area contributed by atoms with E-state index in [9.17, 15) is 0 Å². The van der Waals surface area contributed by atoms with Crippen LogP contribution in [0, 0.1) is 0 Å². The Morgan fingerprint density at radius 3 is 2.82 bits per heavy atom. The summed E-state index contributed by atoms with van der Waals surface area (Å²) < 4.78 is 5.27. The van der Waals surface area contributed by atoms with Gasteiger partial charge in [0.25, 0.3) is 0 Å². The van der Waals surface area contributed by atoms with E-state index in [2.05, 4.69) is 4.99 Å². The van der Waals surface area contributed by atoms with Gasteiger partial charge in [-0.25, -0.2) is 4.99 Å². The minimum Gasteiger partial charge on any atom is -0.476 e. The molecule has 1 aliphatic heterocycles. The number of hydrogen-bond acceptors (Lipinski definition) is 3. The van der Waals surface area contributed by atoms with Crippen LogP contribution < -0.4 is 0 Å². The van der Waals surface area contributed by atoms with Gasteiger partial charge in [-0.05, 0) is 20.8 Å². The molecule has 1 unspecified atom stereocenters. The van der Waals surface area contributed by atoms with E-state index in [0.29, 0.717) is 5.90 Å². The smallest absolute Gasteiger partial charge is 0.210 e. The third-order valence-corrected chi connectivity index (χ3v) is 1.69. The third-order valence-electron chi connectivity index (χ3n) is 1.69. The Bertz CT molecular complexity index is 175. The molecule has 0 fully saturated rings. The van der Waals surface area contributed by atoms with E-state index in [0.717, 1.165) is 6.42 Å². The number of aliphatic hydroxyl groups is 1. The Hall–Kier alpha value is -0.570. The molecular formula is C8H15NO2. The van der Waals surface area contributed by atoms with Gasteiger partial charge in [-0.15, -0.1) is 0 Å². The average Bonchev–Trinajstić information content (AvgIpc) is 1.83. The van der Waals surface area contributed by atoms with E-state index >= 15 is 0 Å². The van der Waals surface area contributed by atoms with Crippen LogP contribution in [0.25, 0.3) is 0 Å². The molecule has 1 aliphatic rings. The minimum absolute atomic E-state index is 0.0737. The number of ether oxygens (including phenoxy) is 1. The van der Waals surface area contributed by atoms with Crippen LogP contribution in [0.4, 0.5) is 0 Å². The summed E-state index contributed by atoms with van der Waals surface area (Å²) in [5.41, 5.74) is -0.0737. The molecule has 1 heterocycles. The summed E-state index contributed by atoms with van der Waals surface area (Å²) in [7, 11) is 0. The highest BCUT2D eigenvalue weighted by Gasteiger charge is 2.27. The van der Waals surface area contributed by atoms with Crippen LogP contribution in [0.5, 0.6) is 0 Å². The Morgan fingerprint density at radius 2 is 2.36 bits per heavy atom. The summed E-state index contributed by atoms with van der Waals surface area (Å²) in [6.45, 7) is 5.99. The van der Waals surface area contributed by atoms with Crippen molar-refractivity contribution in [2.24, 2.45) is 4.99 Å². The fraction of sp³-hybridized carbons (Fsp3) is 0.875. The van der Waals surface area contributed by atoms with Crippen LogP contribution in [0.2, 0.25) is 0 Å². The van der Waals surface area contributed by atoms with Gasteiger partial charge < -0.3 is 9.84 Å². The largest absolute Gasteiger partial charge is 0.476 e. The van der Waals surface area contributed by atoms with E-state index in [4.69, 9.17) is 9.84 Å². The van der Waals surface area contributed by atoms with Gasteiger partial charge in [-0.2, -0.15) is 0 Å². The van der Waals surface area contributed by atoms with Crippen LogP contribution in [0.1, 0.15) is 27.2 Å². The molecule has 0 aromatic carbocycles. The number of aliphatic imine (C=N–C) groups is 1. The van der Waals surface area contributed by atoms with Crippen LogP contribution in [0.15, 0.2) is 4.99 Å². The second-order valence-electron chi connectivity index (χ2n) is 3.61. The SMILES string of the molecule is CC1CC(C)(C)N=C(CO)O1. The topological polar surface area (TPSA) is 41.8 Å². The monoisotopic (exact) mass is 157 g/mol. The Morgan fingerprint density at radius 1 is 1.73 bits per heavy atom. The first-order valence-corrected chi connectivity index (χ1v) is 3.90. The first kappa shape index (κ1) is 8.53. The molecule has 0 amide bonds. The van der Waals surface area contributed by atoms with E-state index in [1.54, 1.807) is 0 Å². The molecule has 11 heavy (non-hydrogen) atoms. The van der Waals surface area contributed by atoms with Crippen molar-refractivity contribution in [3.05, 3.63) is 0 Å². The normalized spacial score (nSPS) is 29.1. The highest BCUT2D eigenvalue weighted by molar-refractivity contribution is 5.78. The van der Waals surface area contributed by atoms with Crippen molar-refractivity contribution >= 4 is 5.90 Å². The molecule has 1 atom stereocenters.